The molecule has 0 heterocycles. The molecular formula is C19H14FN3O5S. The number of nitrogens with one attached hydrogen (secondary N) is 2. The van der Waals surface area contributed by atoms with Crippen LogP contribution in [0.3, 0.4) is 0 Å². The average molecular weight is 415 g/mol. The van der Waals surface area contributed by atoms with Crippen LogP contribution in [-0.2, 0) is 10.0 Å². The van der Waals surface area contributed by atoms with Gasteiger partial charge in [0.2, 0.25) is 0 Å². The zero-order chi connectivity index (χ0) is 21.0. The van der Waals surface area contributed by atoms with E-state index in [0.717, 1.165) is 24.3 Å². The topological polar surface area (TPSA) is 118 Å². The third-order valence-electron chi connectivity index (χ3n) is 3.82. The zero-order valence-corrected chi connectivity index (χ0v) is 15.5. The third-order valence-corrected chi connectivity index (χ3v) is 5.21. The SMILES string of the molecule is O=C(Nc1cccc([N+](=O)[O-])c1)c1cccc(NS(=O)(=O)c2ccc(F)cc2)c1. The molecule has 3 rings (SSSR count). The van der Waals surface area contributed by atoms with Crippen molar-refractivity contribution in [2.45, 2.75) is 4.90 Å². The maximum Gasteiger partial charge on any atom is 0.271 e. The molecule has 3 aromatic carbocycles. The van der Waals surface area contributed by atoms with Crippen LogP contribution in [-0.4, -0.2) is 19.2 Å². The Morgan fingerprint density at radius 2 is 1.59 bits per heavy atom. The van der Waals surface area contributed by atoms with E-state index in [9.17, 15) is 27.7 Å². The van der Waals surface area contributed by atoms with Gasteiger partial charge in [-0.1, -0.05) is 12.1 Å². The fourth-order valence-electron chi connectivity index (χ4n) is 2.45. The van der Waals surface area contributed by atoms with E-state index >= 15 is 0 Å². The Morgan fingerprint density at radius 1 is 0.931 bits per heavy atom. The van der Waals surface area contributed by atoms with Gasteiger partial charge >= 0.3 is 0 Å². The van der Waals surface area contributed by atoms with Crippen molar-refractivity contribution in [1.82, 2.24) is 0 Å². The van der Waals surface area contributed by atoms with Crippen LogP contribution in [0, 0.1) is 15.9 Å². The molecule has 8 nitrogen and oxygen atoms in total. The molecule has 0 aromatic heterocycles. The first-order valence-corrected chi connectivity index (χ1v) is 9.67. The normalized spacial score (nSPS) is 10.9. The Hall–Kier alpha value is -3.79. The molecule has 1 amide bonds. The molecule has 0 radical (unpaired) electrons. The summed E-state index contributed by atoms with van der Waals surface area (Å²) >= 11 is 0. The number of nitro benzene ring substituents is 1. The van der Waals surface area contributed by atoms with E-state index in [4.69, 9.17) is 0 Å². The standard InChI is InChI=1S/C19H14FN3O5S/c20-14-7-9-18(10-8-14)29(27,28)22-16-5-1-3-13(11-16)19(24)21-15-4-2-6-17(12-15)23(25)26/h1-12,22H,(H,21,24). The van der Waals surface area contributed by atoms with Crippen LogP contribution in [0.2, 0.25) is 0 Å². The van der Waals surface area contributed by atoms with Crippen molar-refractivity contribution < 1.29 is 22.5 Å². The molecule has 0 bridgehead atoms. The minimum absolute atomic E-state index is 0.126. The predicted molar refractivity (Wildman–Crippen MR) is 105 cm³/mol. The molecule has 0 saturated heterocycles. The van der Waals surface area contributed by atoms with Crippen molar-refractivity contribution in [3.05, 3.63) is 94.3 Å². The summed E-state index contributed by atoms with van der Waals surface area (Å²) in [4.78, 5) is 22.5. The van der Waals surface area contributed by atoms with Gasteiger partial charge in [0.25, 0.3) is 21.6 Å². The van der Waals surface area contributed by atoms with E-state index in [1.54, 1.807) is 0 Å². The first-order valence-electron chi connectivity index (χ1n) is 8.19. The number of amides is 1. The molecule has 0 fully saturated rings. The number of carbonyl (C=O) groups is 1. The Morgan fingerprint density at radius 3 is 2.28 bits per heavy atom. The smallest absolute Gasteiger partial charge is 0.271 e. The number of halogens is 1. The summed E-state index contributed by atoms with van der Waals surface area (Å²) in [5.41, 5.74) is 0.307. The van der Waals surface area contributed by atoms with E-state index in [0.29, 0.717) is 0 Å². The maximum absolute atomic E-state index is 13.0. The first-order chi connectivity index (χ1) is 13.7. The van der Waals surface area contributed by atoms with Gasteiger partial charge in [-0.25, -0.2) is 12.8 Å². The van der Waals surface area contributed by atoms with Crippen molar-refractivity contribution in [3.63, 3.8) is 0 Å². The van der Waals surface area contributed by atoms with Crippen LogP contribution in [0.1, 0.15) is 10.4 Å². The van der Waals surface area contributed by atoms with Gasteiger partial charge in [0.15, 0.2) is 0 Å². The van der Waals surface area contributed by atoms with Crippen LogP contribution in [0.4, 0.5) is 21.5 Å². The van der Waals surface area contributed by atoms with Crippen LogP contribution in [0.5, 0.6) is 0 Å². The number of sulfonamides is 1. The van der Waals surface area contributed by atoms with E-state index < -0.39 is 26.7 Å². The summed E-state index contributed by atoms with van der Waals surface area (Å²) in [7, 11) is -3.97. The number of hydrogen-bond acceptors (Lipinski definition) is 5. The number of hydrogen-bond donors (Lipinski definition) is 2. The van der Waals surface area contributed by atoms with E-state index in [2.05, 4.69) is 10.0 Å². The Labute approximate surface area is 165 Å². The molecule has 2 N–H and O–H groups in total. The lowest BCUT2D eigenvalue weighted by molar-refractivity contribution is -0.384. The van der Waals surface area contributed by atoms with Gasteiger partial charge in [-0.3, -0.25) is 19.6 Å². The van der Waals surface area contributed by atoms with Gasteiger partial charge in [0, 0.05) is 29.1 Å². The Kier molecular flexibility index (Phi) is 5.55. The highest BCUT2D eigenvalue weighted by atomic mass is 32.2. The lowest BCUT2D eigenvalue weighted by Gasteiger charge is -2.10. The molecule has 29 heavy (non-hydrogen) atoms. The van der Waals surface area contributed by atoms with Gasteiger partial charge in [0.05, 0.1) is 9.82 Å². The second kappa shape index (κ2) is 8.07. The fourth-order valence-corrected chi connectivity index (χ4v) is 3.50. The number of nitro groups is 1. The van der Waals surface area contributed by atoms with Gasteiger partial charge in [-0.2, -0.15) is 0 Å². The van der Waals surface area contributed by atoms with Gasteiger partial charge in [-0.15, -0.1) is 0 Å². The van der Waals surface area contributed by atoms with Crippen LogP contribution in [0.15, 0.2) is 77.7 Å². The fraction of sp³-hybridized carbons (Fsp3) is 0. The van der Waals surface area contributed by atoms with Crippen molar-refractivity contribution in [2.24, 2.45) is 0 Å². The lowest BCUT2D eigenvalue weighted by Crippen LogP contribution is -2.15. The van der Waals surface area contributed by atoms with Gasteiger partial charge in [-0.05, 0) is 48.5 Å². The Balaban J connectivity index is 1.78. The summed E-state index contributed by atoms with van der Waals surface area (Å²) in [6, 6.07) is 15.4. The van der Waals surface area contributed by atoms with E-state index in [1.807, 2.05) is 0 Å². The number of benzene rings is 3. The summed E-state index contributed by atoms with van der Waals surface area (Å²) in [6.07, 6.45) is 0. The minimum Gasteiger partial charge on any atom is -0.322 e. The number of nitrogens with zero attached hydrogens (tertiary/aromatic N) is 1. The summed E-state index contributed by atoms with van der Waals surface area (Å²) in [6.45, 7) is 0. The van der Waals surface area contributed by atoms with Crippen molar-refractivity contribution in [2.75, 3.05) is 10.0 Å². The quantitative estimate of drug-likeness (QED) is 0.469. The van der Waals surface area contributed by atoms with Crippen molar-refractivity contribution >= 4 is 33.0 Å². The second-order valence-corrected chi connectivity index (χ2v) is 7.58. The first kappa shape index (κ1) is 20.0. The molecule has 0 aliphatic heterocycles. The highest BCUT2D eigenvalue weighted by Gasteiger charge is 2.16. The summed E-state index contributed by atoms with van der Waals surface area (Å²) in [5, 5.41) is 13.3. The predicted octanol–water partition coefficient (Wildman–Crippen LogP) is 3.79. The lowest BCUT2D eigenvalue weighted by atomic mass is 10.2. The zero-order valence-electron chi connectivity index (χ0n) is 14.7. The molecule has 0 aliphatic rings. The average Bonchev–Trinajstić information content (AvgIpc) is 2.68. The maximum atomic E-state index is 13.0. The second-order valence-electron chi connectivity index (χ2n) is 5.90. The molecule has 0 spiro atoms. The molecule has 0 unspecified atom stereocenters. The van der Waals surface area contributed by atoms with Crippen LogP contribution >= 0.6 is 0 Å². The van der Waals surface area contributed by atoms with E-state index in [1.165, 1.54) is 48.5 Å². The number of carbonyl (C=O) groups excluding carboxylic acids is 1. The molecule has 148 valence electrons. The minimum atomic E-state index is -3.97. The molecule has 3 aromatic rings. The number of anilines is 2. The highest BCUT2D eigenvalue weighted by Crippen LogP contribution is 2.20. The molecule has 0 saturated carbocycles. The van der Waals surface area contributed by atoms with Crippen molar-refractivity contribution in [1.29, 1.82) is 0 Å². The molecule has 0 aliphatic carbocycles. The molecular weight excluding hydrogens is 401 g/mol. The van der Waals surface area contributed by atoms with Gasteiger partial charge < -0.3 is 5.32 Å². The summed E-state index contributed by atoms with van der Waals surface area (Å²) in [5.74, 6) is -1.14. The van der Waals surface area contributed by atoms with Crippen LogP contribution < -0.4 is 10.0 Å². The van der Waals surface area contributed by atoms with Crippen molar-refractivity contribution in [3.8, 4) is 0 Å². The highest BCUT2D eigenvalue weighted by molar-refractivity contribution is 7.92. The molecule has 10 heteroatoms. The van der Waals surface area contributed by atoms with E-state index in [-0.39, 0.29) is 27.5 Å². The van der Waals surface area contributed by atoms with Crippen LogP contribution in [0.25, 0.3) is 0 Å². The number of non-ortho nitro benzene ring substituents is 1. The number of rotatable bonds is 6. The third kappa shape index (κ3) is 4.93. The Bertz CT molecular complexity index is 1180. The molecule has 0 atom stereocenters. The van der Waals surface area contributed by atoms with Gasteiger partial charge in [0.1, 0.15) is 5.82 Å². The monoisotopic (exact) mass is 415 g/mol. The summed E-state index contributed by atoms with van der Waals surface area (Å²) < 4.78 is 40.1. The largest absolute Gasteiger partial charge is 0.322 e.